The van der Waals surface area contributed by atoms with E-state index in [1.165, 1.54) is 12.3 Å². The van der Waals surface area contributed by atoms with Crippen molar-refractivity contribution >= 4 is 11.6 Å². The predicted octanol–water partition coefficient (Wildman–Crippen LogP) is 2.73. The summed E-state index contributed by atoms with van der Waals surface area (Å²) in [4.78, 5) is 14.3. The number of nitrogens with one attached hydrogen (secondary N) is 1. The van der Waals surface area contributed by atoms with Crippen LogP contribution >= 0.6 is 11.6 Å². The molecule has 1 aliphatic rings. The summed E-state index contributed by atoms with van der Waals surface area (Å²) in [5, 5.41) is 9.77. The third-order valence-corrected chi connectivity index (χ3v) is 3.70. The highest BCUT2D eigenvalue weighted by molar-refractivity contribution is 6.31. The Balaban J connectivity index is 2.09. The monoisotopic (exact) mass is 316 g/mol. The molecule has 1 atom stereocenters. The van der Waals surface area contributed by atoms with Crippen LogP contribution in [0.1, 0.15) is 12.0 Å². The molecular formula is C16H13ClN2O3. The predicted molar refractivity (Wildman–Crippen MR) is 82.1 cm³/mol. The molecule has 0 saturated carbocycles. The lowest BCUT2D eigenvalue weighted by atomic mass is 10.0. The molecule has 6 heteroatoms. The minimum atomic E-state index is -0.270. The van der Waals surface area contributed by atoms with Crippen molar-refractivity contribution < 1.29 is 9.47 Å². The molecule has 0 spiro atoms. The van der Waals surface area contributed by atoms with Gasteiger partial charge in [0.2, 0.25) is 5.56 Å². The van der Waals surface area contributed by atoms with Gasteiger partial charge < -0.3 is 14.5 Å². The molecule has 2 aromatic rings. The van der Waals surface area contributed by atoms with Crippen LogP contribution in [0.15, 0.2) is 35.3 Å². The highest BCUT2D eigenvalue weighted by Crippen LogP contribution is 2.33. The number of rotatable bonds is 3. The molecule has 1 aromatic carbocycles. The van der Waals surface area contributed by atoms with E-state index in [1.54, 1.807) is 18.2 Å². The van der Waals surface area contributed by atoms with Gasteiger partial charge in [0.05, 0.1) is 24.8 Å². The minimum absolute atomic E-state index is 0.0608. The normalized spacial score (nSPS) is 17.2. The van der Waals surface area contributed by atoms with Crippen molar-refractivity contribution in [3.8, 4) is 22.9 Å². The van der Waals surface area contributed by atoms with E-state index in [-0.39, 0.29) is 11.7 Å². The average molecular weight is 317 g/mol. The van der Waals surface area contributed by atoms with Crippen LogP contribution in [0.4, 0.5) is 0 Å². The summed E-state index contributed by atoms with van der Waals surface area (Å²) in [5.41, 5.74) is 1.29. The zero-order valence-electron chi connectivity index (χ0n) is 11.6. The van der Waals surface area contributed by atoms with Crippen molar-refractivity contribution in [3.63, 3.8) is 0 Å². The molecule has 0 radical (unpaired) electrons. The van der Waals surface area contributed by atoms with Gasteiger partial charge in [0.15, 0.2) is 0 Å². The maximum Gasteiger partial charge on any atom is 0.248 e. The number of H-pyrrole nitrogens is 1. The number of benzene rings is 1. The van der Waals surface area contributed by atoms with Crippen LogP contribution in [0.25, 0.3) is 11.1 Å². The molecule has 0 aliphatic carbocycles. The average Bonchev–Trinajstić information content (AvgIpc) is 3.02. The lowest BCUT2D eigenvalue weighted by Crippen LogP contribution is -2.17. The molecular weight excluding hydrogens is 304 g/mol. The van der Waals surface area contributed by atoms with Gasteiger partial charge in [0.1, 0.15) is 11.9 Å². The quantitative estimate of drug-likeness (QED) is 0.944. The molecule has 1 fully saturated rings. The van der Waals surface area contributed by atoms with E-state index in [0.717, 1.165) is 6.42 Å². The third kappa shape index (κ3) is 2.98. The van der Waals surface area contributed by atoms with Crippen molar-refractivity contribution in [2.24, 2.45) is 0 Å². The van der Waals surface area contributed by atoms with Gasteiger partial charge in [-0.25, -0.2) is 0 Å². The number of aromatic amines is 1. The molecule has 1 saturated heterocycles. The van der Waals surface area contributed by atoms with Crippen LogP contribution in [-0.4, -0.2) is 24.3 Å². The minimum Gasteiger partial charge on any atom is -0.486 e. The number of halogens is 1. The Kier molecular flexibility index (Phi) is 4.14. The first-order valence-corrected chi connectivity index (χ1v) is 7.22. The number of nitriles is 1. The highest BCUT2D eigenvalue weighted by Gasteiger charge is 2.20. The van der Waals surface area contributed by atoms with Gasteiger partial charge in [0, 0.05) is 34.8 Å². The Bertz CT molecular complexity index is 789. The third-order valence-electron chi connectivity index (χ3n) is 3.46. The summed E-state index contributed by atoms with van der Waals surface area (Å²) < 4.78 is 11.2. The van der Waals surface area contributed by atoms with Crippen LogP contribution < -0.4 is 10.3 Å². The second kappa shape index (κ2) is 6.22. The summed E-state index contributed by atoms with van der Waals surface area (Å²) >= 11 is 6.03. The van der Waals surface area contributed by atoms with Gasteiger partial charge in [-0.3, -0.25) is 4.79 Å². The second-order valence-electron chi connectivity index (χ2n) is 4.98. The fraction of sp³-hybridized carbons (Fsp3) is 0.250. The highest BCUT2D eigenvalue weighted by atomic mass is 35.5. The smallest absolute Gasteiger partial charge is 0.248 e. The van der Waals surface area contributed by atoms with E-state index >= 15 is 0 Å². The maximum absolute atomic E-state index is 11.7. The van der Waals surface area contributed by atoms with Gasteiger partial charge in [-0.05, 0) is 18.2 Å². The zero-order chi connectivity index (χ0) is 15.5. The summed E-state index contributed by atoms with van der Waals surface area (Å²) in [6.45, 7) is 1.17. The molecule has 2 heterocycles. The Morgan fingerprint density at radius 3 is 2.95 bits per heavy atom. The first kappa shape index (κ1) is 14.6. The Labute approximate surface area is 132 Å². The molecule has 0 amide bonds. The molecule has 112 valence electrons. The van der Waals surface area contributed by atoms with Crippen LogP contribution in [0.3, 0.4) is 0 Å². The van der Waals surface area contributed by atoms with Crippen LogP contribution in [0.2, 0.25) is 5.02 Å². The van der Waals surface area contributed by atoms with E-state index < -0.39 is 0 Å². The molecule has 5 nitrogen and oxygen atoms in total. The van der Waals surface area contributed by atoms with Crippen molar-refractivity contribution in [1.82, 2.24) is 4.98 Å². The molecule has 0 bridgehead atoms. The van der Waals surface area contributed by atoms with Crippen molar-refractivity contribution in [2.75, 3.05) is 13.2 Å². The molecule has 22 heavy (non-hydrogen) atoms. The van der Waals surface area contributed by atoms with Crippen molar-refractivity contribution in [2.45, 2.75) is 12.5 Å². The standard InChI is InChI=1S/C16H13ClN2O3/c17-11-2-1-10(7-18)13(5-11)14-6-16(20)19-8-15(14)22-12-3-4-21-9-12/h1-2,5-6,8,12H,3-4,9H2,(H,19,20)/t12-/m1/s1. The Hall–Kier alpha value is -2.29. The topological polar surface area (TPSA) is 75.1 Å². The van der Waals surface area contributed by atoms with Gasteiger partial charge in [0.25, 0.3) is 0 Å². The fourth-order valence-electron chi connectivity index (χ4n) is 2.39. The number of pyridine rings is 1. The lowest BCUT2D eigenvalue weighted by molar-refractivity contribution is 0.141. The summed E-state index contributed by atoms with van der Waals surface area (Å²) in [6, 6.07) is 8.45. The number of aromatic nitrogens is 1. The largest absolute Gasteiger partial charge is 0.486 e. The first-order chi connectivity index (χ1) is 10.7. The number of nitrogens with zero attached hydrogens (tertiary/aromatic N) is 1. The molecule has 3 rings (SSSR count). The SMILES string of the molecule is N#Cc1ccc(Cl)cc1-c1cc(=O)[nH]cc1O[C@@H]1CCOC1. The zero-order valence-corrected chi connectivity index (χ0v) is 12.4. The van der Waals surface area contributed by atoms with Crippen LogP contribution in [0, 0.1) is 11.3 Å². The summed E-state index contributed by atoms with van der Waals surface area (Å²) in [7, 11) is 0. The molecule has 1 aliphatic heterocycles. The maximum atomic E-state index is 11.7. The van der Waals surface area contributed by atoms with Gasteiger partial charge in [-0.15, -0.1) is 0 Å². The van der Waals surface area contributed by atoms with Gasteiger partial charge in [-0.2, -0.15) is 5.26 Å². The van der Waals surface area contributed by atoms with E-state index in [1.807, 2.05) is 0 Å². The van der Waals surface area contributed by atoms with Gasteiger partial charge >= 0.3 is 0 Å². The molecule has 0 unspecified atom stereocenters. The summed E-state index contributed by atoms with van der Waals surface area (Å²) in [6.07, 6.45) is 2.24. The number of ether oxygens (including phenoxy) is 2. The van der Waals surface area contributed by atoms with Crippen molar-refractivity contribution in [3.05, 3.63) is 51.4 Å². The van der Waals surface area contributed by atoms with E-state index in [4.69, 9.17) is 21.1 Å². The Morgan fingerprint density at radius 2 is 2.23 bits per heavy atom. The first-order valence-electron chi connectivity index (χ1n) is 6.84. The van der Waals surface area contributed by atoms with Gasteiger partial charge in [-0.1, -0.05) is 11.6 Å². The van der Waals surface area contributed by atoms with E-state index in [9.17, 15) is 10.1 Å². The number of hydrogen-bond donors (Lipinski definition) is 1. The lowest BCUT2D eigenvalue weighted by Gasteiger charge is -2.16. The van der Waals surface area contributed by atoms with Crippen molar-refractivity contribution in [1.29, 1.82) is 5.26 Å². The number of hydrogen-bond acceptors (Lipinski definition) is 4. The molecule has 1 aromatic heterocycles. The summed E-state index contributed by atoms with van der Waals surface area (Å²) in [5.74, 6) is 0.508. The van der Waals surface area contributed by atoms with Crippen LogP contribution in [-0.2, 0) is 4.74 Å². The Morgan fingerprint density at radius 1 is 1.36 bits per heavy atom. The molecule has 1 N–H and O–H groups in total. The van der Waals surface area contributed by atoms with Crippen LogP contribution in [0.5, 0.6) is 5.75 Å². The second-order valence-corrected chi connectivity index (χ2v) is 5.42. The fourth-order valence-corrected chi connectivity index (χ4v) is 2.56. The van der Waals surface area contributed by atoms with E-state index in [2.05, 4.69) is 11.1 Å². The van der Waals surface area contributed by atoms with E-state index in [0.29, 0.717) is 40.7 Å².